The second-order valence-electron chi connectivity index (χ2n) is 5.34. The van der Waals surface area contributed by atoms with E-state index < -0.39 is 0 Å². The molecule has 2 rings (SSSR count). The van der Waals surface area contributed by atoms with Crippen LogP contribution in [0.1, 0.15) is 24.0 Å². The van der Waals surface area contributed by atoms with Crippen LogP contribution >= 0.6 is 12.4 Å². The molecule has 0 radical (unpaired) electrons. The summed E-state index contributed by atoms with van der Waals surface area (Å²) in [5.41, 5.74) is 7.69. The standard InChI is InChI=1S/C15H23FN2O.ClH/c1-11-3-4-15(16)12(7-11)10-18-6-5-14(19-2)8-13(18)9-17;/h3-4,7,13-14H,5-6,8-10,17H2,1-2H3;1H. The average molecular weight is 303 g/mol. The lowest BCUT2D eigenvalue weighted by atomic mass is 9.98. The Hall–Kier alpha value is -0.680. The first-order valence-electron chi connectivity index (χ1n) is 6.86. The molecule has 3 nitrogen and oxygen atoms in total. The van der Waals surface area contributed by atoms with E-state index in [0.717, 1.165) is 30.5 Å². The van der Waals surface area contributed by atoms with Crippen molar-refractivity contribution in [2.75, 3.05) is 20.2 Å². The van der Waals surface area contributed by atoms with Crippen molar-refractivity contribution in [1.82, 2.24) is 4.90 Å². The summed E-state index contributed by atoms with van der Waals surface area (Å²) >= 11 is 0. The van der Waals surface area contributed by atoms with Gasteiger partial charge < -0.3 is 10.5 Å². The van der Waals surface area contributed by atoms with Crippen LogP contribution in [0.5, 0.6) is 0 Å². The molecule has 1 aliphatic rings. The Morgan fingerprint density at radius 2 is 2.20 bits per heavy atom. The lowest BCUT2D eigenvalue weighted by Gasteiger charge is -2.38. The molecule has 1 aromatic carbocycles. The molecular weight excluding hydrogens is 279 g/mol. The predicted octanol–water partition coefficient (Wildman–Crippen LogP) is 2.49. The van der Waals surface area contributed by atoms with Crippen molar-refractivity contribution in [3.8, 4) is 0 Å². The van der Waals surface area contributed by atoms with Gasteiger partial charge in [-0.3, -0.25) is 4.90 Å². The van der Waals surface area contributed by atoms with E-state index in [1.54, 1.807) is 19.2 Å². The van der Waals surface area contributed by atoms with Gasteiger partial charge in [0, 0.05) is 38.3 Å². The highest BCUT2D eigenvalue weighted by atomic mass is 35.5. The van der Waals surface area contributed by atoms with Crippen molar-refractivity contribution in [3.05, 3.63) is 35.1 Å². The molecule has 1 aliphatic heterocycles. The number of benzene rings is 1. The van der Waals surface area contributed by atoms with Crippen LogP contribution in [0.2, 0.25) is 0 Å². The number of hydrogen-bond acceptors (Lipinski definition) is 3. The first kappa shape index (κ1) is 17.4. The number of rotatable bonds is 4. The number of ether oxygens (including phenoxy) is 1. The van der Waals surface area contributed by atoms with E-state index in [9.17, 15) is 4.39 Å². The summed E-state index contributed by atoms with van der Waals surface area (Å²) in [6.45, 7) is 4.12. The minimum atomic E-state index is -0.129. The van der Waals surface area contributed by atoms with Crippen molar-refractivity contribution in [3.63, 3.8) is 0 Å². The molecule has 5 heteroatoms. The van der Waals surface area contributed by atoms with Crippen molar-refractivity contribution in [2.45, 2.75) is 38.5 Å². The highest BCUT2D eigenvalue weighted by Crippen LogP contribution is 2.22. The van der Waals surface area contributed by atoms with Crippen LogP contribution in [0.4, 0.5) is 4.39 Å². The number of nitrogens with two attached hydrogens (primary N) is 1. The normalized spacial score (nSPS) is 23.4. The molecule has 0 aliphatic carbocycles. The third kappa shape index (κ3) is 4.16. The molecule has 2 N–H and O–H groups in total. The number of piperidine rings is 1. The fraction of sp³-hybridized carbons (Fsp3) is 0.600. The van der Waals surface area contributed by atoms with Crippen LogP contribution in [-0.2, 0) is 11.3 Å². The van der Waals surface area contributed by atoms with Crippen LogP contribution < -0.4 is 5.73 Å². The highest BCUT2D eigenvalue weighted by molar-refractivity contribution is 5.85. The summed E-state index contributed by atoms with van der Waals surface area (Å²) in [6.07, 6.45) is 2.20. The van der Waals surface area contributed by atoms with Gasteiger partial charge in [-0.1, -0.05) is 17.7 Å². The molecule has 0 spiro atoms. The number of aryl methyl sites for hydroxylation is 1. The van der Waals surface area contributed by atoms with Gasteiger partial charge in [0.15, 0.2) is 0 Å². The van der Waals surface area contributed by atoms with Crippen LogP contribution in [0.25, 0.3) is 0 Å². The molecule has 0 saturated carbocycles. The first-order chi connectivity index (χ1) is 9.13. The van der Waals surface area contributed by atoms with E-state index in [2.05, 4.69) is 4.90 Å². The SMILES string of the molecule is COC1CCN(Cc2cc(C)ccc2F)C(CN)C1.Cl. The van der Waals surface area contributed by atoms with Crippen molar-refractivity contribution >= 4 is 12.4 Å². The molecule has 0 aromatic heterocycles. The van der Waals surface area contributed by atoms with Gasteiger partial charge >= 0.3 is 0 Å². The maximum Gasteiger partial charge on any atom is 0.127 e. The van der Waals surface area contributed by atoms with E-state index >= 15 is 0 Å². The Labute approximate surface area is 126 Å². The summed E-state index contributed by atoms with van der Waals surface area (Å²) in [4.78, 5) is 2.27. The van der Waals surface area contributed by atoms with Gasteiger partial charge in [-0.15, -0.1) is 12.4 Å². The smallest absolute Gasteiger partial charge is 0.127 e. The molecule has 20 heavy (non-hydrogen) atoms. The molecule has 2 unspecified atom stereocenters. The Bertz CT molecular complexity index is 430. The van der Waals surface area contributed by atoms with Gasteiger partial charge in [-0.25, -0.2) is 4.39 Å². The topological polar surface area (TPSA) is 38.5 Å². The molecule has 2 atom stereocenters. The predicted molar refractivity (Wildman–Crippen MR) is 81.7 cm³/mol. The number of halogens is 2. The molecule has 0 bridgehead atoms. The molecular formula is C15H24ClFN2O. The van der Waals surface area contributed by atoms with Gasteiger partial charge in [-0.2, -0.15) is 0 Å². The zero-order chi connectivity index (χ0) is 13.8. The number of nitrogens with zero attached hydrogens (tertiary/aromatic N) is 1. The molecule has 1 aromatic rings. The second-order valence-corrected chi connectivity index (χ2v) is 5.34. The van der Waals surface area contributed by atoms with Gasteiger partial charge in [0.25, 0.3) is 0 Å². The maximum atomic E-state index is 13.8. The van der Waals surface area contributed by atoms with E-state index in [0.29, 0.717) is 13.1 Å². The van der Waals surface area contributed by atoms with Gasteiger partial charge in [0.1, 0.15) is 5.82 Å². The summed E-state index contributed by atoms with van der Waals surface area (Å²) in [5.74, 6) is -0.129. The Kier molecular flexibility index (Phi) is 6.89. The largest absolute Gasteiger partial charge is 0.381 e. The maximum absolute atomic E-state index is 13.8. The Morgan fingerprint density at radius 1 is 1.45 bits per heavy atom. The zero-order valence-corrected chi connectivity index (χ0v) is 13.0. The molecule has 1 heterocycles. The van der Waals surface area contributed by atoms with Gasteiger partial charge in [0.2, 0.25) is 0 Å². The third-order valence-corrected chi connectivity index (χ3v) is 3.97. The first-order valence-corrected chi connectivity index (χ1v) is 6.86. The Morgan fingerprint density at radius 3 is 2.85 bits per heavy atom. The van der Waals surface area contributed by atoms with E-state index in [1.807, 2.05) is 13.0 Å². The van der Waals surface area contributed by atoms with Crippen molar-refractivity contribution in [2.24, 2.45) is 5.73 Å². The minimum absolute atomic E-state index is 0. The molecule has 1 saturated heterocycles. The van der Waals surface area contributed by atoms with Crippen LogP contribution in [-0.4, -0.2) is 37.2 Å². The molecule has 114 valence electrons. The van der Waals surface area contributed by atoms with E-state index in [-0.39, 0.29) is 30.4 Å². The van der Waals surface area contributed by atoms with Crippen LogP contribution in [0.15, 0.2) is 18.2 Å². The second kappa shape index (κ2) is 7.93. The van der Waals surface area contributed by atoms with E-state index in [1.165, 1.54) is 0 Å². The van der Waals surface area contributed by atoms with Crippen LogP contribution in [0, 0.1) is 12.7 Å². The summed E-state index contributed by atoms with van der Waals surface area (Å²) in [5, 5.41) is 0. The number of likely N-dealkylation sites (tertiary alicyclic amines) is 1. The zero-order valence-electron chi connectivity index (χ0n) is 12.1. The monoisotopic (exact) mass is 302 g/mol. The van der Waals surface area contributed by atoms with Gasteiger partial charge in [0.05, 0.1) is 6.10 Å². The average Bonchev–Trinajstić information content (AvgIpc) is 2.43. The van der Waals surface area contributed by atoms with E-state index in [4.69, 9.17) is 10.5 Å². The summed E-state index contributed by atoms with van der Waals surface area (Å²) < 4.78 is 19.2. The number of hydrogen-bond donors (Lipinski definition) is 1. The van der Waals surface area contributed by atoms with Gasteiger partial charge in [-0.05, 0) is 25.8 Å². The number of methoxy groups -OCH3 is 1. The lowest BCUT2D eigenvalue weighted by Crippen LogP contribution is -2.48. The van der Waals surface area contributed by atoms with Crippen molar-refractivity contribution in [1.29, 1.82) is 0 Å². The lowest BCUT2D eigenvalue weighted by molar-refractivity contribution is 0.00987. The quantitative estimate of drug-likeness (QED) is 0.929. The fourth-order valence-corrected chi connectivity index (χ4v) is 2.77. The summed E-state index contributed by atoms with van der Waals surface area (Å²) in [6, 6.07) is 5.55. The summed E-state index contributed by atoms with van der Waals surface area (Å²) in [7, 11) is 1.74. The minimum Gasteiger partial charge on any atom is -0.381 e. The molecule has 0 amide bonds. The van der Waals surface area contributed by atoms with Crippen LogP contribution in [0.3, 0.4) is 0 Å². The fourth-order valence-electron chi connectivity index (χ4n) is 2.77. The van der Waals surface area contributed by atoms with Crippen molar-refractivity contribution < 1.29 is 9.13 Å². The highest BCUT2D eigenvalue weighted by Gasteiger charge is 2.27. The third-order valence-electron chi connectivity index (χ3n) is 3.97. The Balaban J connectivity index is 0.00000200. The molecule has 1 fully saturated rings.